The second-order valence-electron chi connectivity index (χ2n) is 4.85. The second kappa shape index (κ2) is 7.74. The van der Waals surface area contributed by atoms with E-state index >= 15 is 0 Å². The van der Waals surface area contributed by atoms with E-state index in [-0.39, 0.29) is 0 Å². The third kappa shape index (κ3) is 4.53. The van der Waals surface area contributed by atoms with Gasteiger partial charge >= 0.3 is 6.01 Å². The average molecular weight is 371 g/mol. The van der Waals surface area contributed by atoms with Gasteiger partial charge in [-0.1, -0.05) is 60.7 Å². The fraction of sp³-hybridized carbons (Fsp3) is 0.111. The summed E-state index contributed by atoms with van der Waals surface area (Å²) >= 11 is 3.39. The van der Waals surface area contributed by atoms with E-state index in [0.29, 0.717) is 29.6 Å². The number of nitrogens with zero attached hydrogens (tertiary/aromatic N) is 2. The van der Waals surface area contributed by atoms with Crippen molar-refractivity contribution < 1.29 is 9.47 Å². The van der Waals surface area contributed by atoms with E-state index in [4.69, 9.17) is 9.47 Å². The van der Waals surface area contributed by atoms with E-state index in [2.05, 4.69) is 25.9 Å². The average Bonchev–Trinajstić information content (AvgIpc) is 2.62. The highest BCUT2D eigenvalue weighted by Crippen LogP contribution is 2.24. The Labute approximate surface area is 143 Å². The minimum absolute atomic E-state index is 0.292. The van der Waals surface area contributed by atoms with Crippen molar-refractivity contribution in [3.05, 3.63) is 82.5 Å². The molecule has 23 heavy (non-hydrogen) atoms. The van der Waals surface area contributed by atoms with Gasteiger partial charge in [0.1, 0.15) is 13.2 Å². The Morgan fingerprint density at radius 3 is 1.96 bits per heavy atom. The molecule has 3 aromatic rings. The van der Waals surface area contributed by atoms with Crippen molar-refractivity contribution in [3.63, 3.8) is 0 Å². The highest BCUT2D eigenvalue weighted by Gasteiger charge is 2.08. The molecule has 0 saturated carbocycles. The lowest BCUT2D eigenvalue weighted by atomic mass is 10.2. The standard InChI is InChI=1S/C18H15BrN2O2/c19-16-11-20-18(23-13-15-9-5-2-6-10-15)21-17(16)22-12-14-7-3-1-4-8-14/h1-11H,12-13H2. The normalized spacial score (nSPS) is 10.3. The van der Waals surface area contributed by atoms with Crippen LogP contribution in [-0.2, 0) is 13.2 Å². The minimum Gasteiger partial charge on any atom is -0.472 e. The van der Waals surface area contributed by atoms with Crippen LogP contribution >= 0.6 is 15.9 Å². The largest absolute Gasteiger partial charge is 0.472 e. The minimum atomic E-state index is 0.292. The third-order valence-electron chi connectivity index (χ3n) is 3.12. The molecule has 0 bridgehead atoms. The van der Waals surface area contributed by atoms with E-state index in [1.807, 2.05) is 60.7 Å². The van der Waals surface area contributed by atoms with Crippen molar-refractivity contribution in [2.24, 2.45) is 0 Å². The van der Waals surface area contributed by atoms with Gasteiger partial charge in [0.15, 0.2) is 0 Å². The third-order valence-corrected chi connectivity index (χ3v) is 3.66. The number of ether oxygens (including phenoxy) is 2. The van der Waals surface area contributed by atoms with Crippen LogP contribution < -0.4 is 9.47 Å². The van der Waals surface area contributed by atoms with Gasteiger partial charge in [0.25, 0.3) is 0 Å². The Balaban J connectivity index is 1.64. The molecule has 4 nitrogen and oxygen atoms in total. The molecule has 1 aromatic heterocycles. The monoisotopic (exact) mass is 370 g/mol. The summed E-state index contributed by atoms with van der Waals surface area (Å²) in [6.07, 6.45) is 1.63. The van der Waals surface area contributed by atoms with Gasteiger partial charge in [0.2, 0.25) is 5.88 Å². The quantitative estimate of drug-likeness (QED) is 0.644. The van der Waals surface area contributed by atoms with Crippen LogP contribution in [0.4, 0.5) is 0 Å². The first-order valence-corrected chi connectivity index (χ1v) is 7.96. The Bertz CT molecular complexity index is 751. The molecule has 2 aromatic carbocycles. The topological polar surface area (TPSA) is 44.2 Å². The van der Waals surface area contributed by atoms with Crippen LogP contribution in [0.1, 0.15) is 11.1 Å². The van der Waals surface area contributed by atoms with Gasteiger partial charge in [-0.3, -0.25) is 0 Å². The van der Waals surface area contributed by atoms with E-state index in [1.165, 1.54) is 0 Å². The molecule has 0 aliphatic heterocycles. The van der Waals surface area contributed by atoms with Gasteiger partial charge in [-0.05, 0) is 27.1 Å². The maximum absolute atomic E-state index is 5.74. The van der Waals surface area contributed by atoms with Gasteiger partial charge in [0, 0.05) is 0 Å². The number of rotatable bonds is 6. The molecular weight excluding hydrogens is 356 g/mol. The SMILES string of the molecule is Brc1cnc(OCc2ccccc2)nc1OCc1ccccc1. The first-order chi connectivity index (χ1) is 11.3. The van der Waals surface area contributed by atoms with Crippen LogP contribution in [0.25, 0.3) is 0 Å². The molecule has 0 atom stereocenters. The molecule has 3 rings (SSSR count). The van der Waals surface area contributed by atoms with Crippen LogP contribution in [0.3, 0.4) is 0 Å². The summed E-state index contributed by atoms with van der Waals surface area (Å²) in [5.74, 6) is 0.465. The number of aromatic nitrogens is 2. The molecule has 5 heteroatoms. The summed E-state index contributed by atoms with van der Waals surface area (Å²) in [6.45, 7) is 0.856. The molecule has 1 heterocycles. The first-order valence-electron chi connectivity index (χ1n) is 7.17. The van der Waals surface area contributed by atoms with Gasteiger partial charge in [-0.2, -0.15) is 4.98 Å². The zero-order valence-corrected chi connectivity index (χ0v) is 13.9. The number of halogens is 1. The molecule has 0 radical (unpaired) electrons. The second-order valence-corrected chi connectivity index (χ2v) is 5.71. The Morgan fingerprint density at radius 1 is 0.783 bits per heavy atom. The number of benzene rings is 2. The molecule has 0 amide bonds. The Kier molecular flexibility index (Phi) is 5.21. The van der Waals surface area contributed by atoms with Crippen LogP contribution in [0.15, 0.2) is 71.3 Å². The number of hydrogen-bond acceptors (Lipinski definition) is 4. The summed E-state index contributed by atoms with van der Waals surface area (Å²) in [5.41, 5.74) is 2.13. The predicted molar refractivity (Wildman–Crippen MR) is 91.3 cm³/mol. The first kappa shape index (κ1) is 15.5. The van der Waals surface area contributed by atoms with E-state index < -0.39 is 0 Å². The lowest BCUT2D eigenvalue weighted by Gasteiger charge is -2.09. The van der Waals surface area contributed by atoms with Crippen molar-refractivity contribution in [1.29, 1.82) is 0 Å². The van der Waals surface area contributed by atoms with Gasteiger partial charge in [-0.15, -0.1) is 0 Å². The van der Waals surface area contributed by atoms with Crippen molar-refractivity contribution in [2.45, 2.75) is 13.2 Å². The molecule has 0 saturated heterocycles. The summed E-state index contributed by atoms with van der Waals surface area (Å²) in [4.78, 5) is 8.45. The molecule has 0 N–H and O–H groups in total. The van der Waals surface area contributed by atoms with Crippen LogP contribution in [-0.4, -0.2) is 9.97 Å². The highest BCUT2D eigenvalue weighted by atomic mass is 79.9. The zero-order chi connectivity index (χ0) is 15.9. The Morgan fingerprint density at radius 2 is 1.35 bits per heavy atom. The maximum Gasteiger partial charge on any atom is 0.320 e. The molecule has 0 fully saturated rings. The molecule has 0 unspecified atom stereocenters. The molecule has 0 aliphatic carbocycles. The van der Waals surface area contributed by atoms with Crippen molar-refractivity contribution in [3.8, 4) is 11.9 Å². The van der Waals surface area contributed by atoms with Crippen molar-refractivity contribution in [1.82, 2.24) is 9.97 Å². The van der Waals surface area contributed by atoms with Crippen LogP contribution in [0.2, 0.25) is 0 Å². The van der Waals surface area contributed by atoms with Crippen LogP contribution in [0, 0.1) is 0 Å². The summed E-state index contributed by atoms with van der Waals surface area (Å²) in [5, 5.41) is 0. The summed E-state index contributed by atoms with van der Waals surface area (Å²) in [6, 6.07) is 20.1. The molecular formula is C18H15BrN2O2. The van der Waals surface area contributed by atoms with E-state index in [1.54, 1.807) is 6.20 Å². The van der Waals surface area contributed by atoms with Crippen molar-refractivity contribution in [2.75, 3.05) is 0 Å². The van der Waals surface area contributed by atoms with Gasteiger partial charge < -0.3 is 9.47 Å². The fourth-order valence-corrected chi connectivity index (χ4v) is 2.26. The zero-order valence-electron chi connectivity index (χ0n) is 12.4. The number of hydrogen-bond donors (Lipinski definition) is 0. The highest BCUT2D eigenvalue weighted by molar-refractivity contribution is 9.10. The smallest absolute Gasteiger partial charge is 0.320 e. The summed E-state index contributed by atoms with van der Waals surface area (Å²) in [7, 11) is 0. The molecule has 116 valence electrons. The van der Waals surface area contributed by atoms with Crippen LogP contribution in [0.5, 0.6) is 11.9 Å². The maximum atomic E-state index is 5.74. The van der Waals surface area contributed by atoms with Gasteiger partial charge in [-0.25, -0.2) is 4.98 Å². The lowest BCUT2D eigenvalue weighted by molar-refractivity contribution is 0.257. The Hall–Kier alpha value is -2.40. The predicted octanol–water partition coefficient (Wildman–Crippen LogP) is 4.40. The molecule has 0 spiro atoms. The van der Waals surface area contributed by atoms with Crippen molar-refractivity contribution >= 4 is 15.9 Å². The van der Waals surface area contributed by atoms with E-state index in [0.717, 1.165) is 11.1 Å². The lowest BCUT2D eigenvalue weighted by Crippen LogP contribution is -2.03. The summed E-state index contributed by atoms with van der Waals surface area (Å²) < 4.78 is 12.0. The van der Waals surface area contributed by atoms with Gasteiger partial charge in [0.05, 0.1) is 10.7 Å². The molecule has 0 aliphatic rings. The fourth-order valence-electron chi connectivity index (χ4n) is 1.96. The van der Waals surface area contributed by atoms with E-state index in [9.17, 15) is 0 Å².